The van der Waals surface area contributed by atoms with Gasteiger partial charge in [0.15, 0.2) is 0 Å². The quantitative estimate of drug-likeness (QED) is 0.777. The minimum Gasteiger partial charge on any atom is -0.480 e. The maximum atomic E-state index is 11.4. The molecule has 1 aromatic rings. The van der Waals surface area contributed by atoms with E-state index in [2.05, 4.69) is 19.8 Å². The van der Waals surface area contributed by atoms with E-state index in [4.69, 9.17) is 0 Å². The predicted octanol–water partition coefficient (Wildman–Crippen LogP) is 0.932. The summed E-state index contributed by atoms with van der Waals surface area (Å²) in [6, 6.07) is 0. The summed E-state index contributed by atoms with van der Waals surface area (Å²) in [5, 5.41) is 12.4. The largest absolute Gasteiger partial charge is 0.480 e. The lowest BCUT2D eigenvalue weighted by atomic mass is 9.90. The van der Waals surface area contributed by atoms with Gasteiger partial charge in [0.2, 0.25) is 0 Å². The second-order valence-electron chi connectivity index (χ2n) is 5.41. The highest BCUT2D eigenvalue weighted by Gasteiger charge is 2.34. The van der Waals surface area contributed by atoms with Crippen molar-refractivity contribution >= 4 is 5.97 Å². The number of nitrogens with one attached hydrogen (secondary N) is 1. The van der Waals surface area contributed by atoms with Crippen LogP contribution in [-0.2, 0) is 17.9 Å². The summed E-state index contributed by atoms with van der Waals surface area (Å²) in [4.78, 5) is 18.1. The highest BCUT2D eigenvalue weighted by Crippen LogP contribution is 2.19. The van der Waals surface area contributed by atoms with Crippen LogP contribution in [-0.4, -0.2) is 51.2 Å². The summed E-state index contributed by atoms with van der Waals surface area (Å²) >= 11 is 0. The van der Waals surface area contributed by atoms with Crippen LogP contribution in [0.15, 0.2) is 12.4 Å². The van der Waals surface area contributed by atoms with Crippen LogP contribution < -0.4 is 5.32 Å². The monoisotopic (exact) mass is 280 g/mol. The molecule has 0 saturated heterocycles. The minimum atomic E-state index is -0.783. The van der Waals surface area contributed by atoms with Crippen LogP contribution in [0.3, 0.4) is 0 Å². The second kappa shape index (κ2) is 6.37. The van der Waals surface area contributed by atoms with E-state index >= 15 is 0 Å². The normalized spacial score (nSPS) is 18.5. The molecule has 2 N–H and O–H groups in total. The third-order valence-corrected chi connectivity index (χ3v) is 4.39. The molecular weight excluding hydrogens is 256 g/mol. The van der Waals surface area contributed by atoms with Gasteiger partial charge in [0, 0.05) is 25.5 Å². The maximum absolute atomic E-state index is 11.4. The lowest BCUT2D eigenvalue weighted by Gasteiger charge is -2.31. The SMILES string of the molecule is CCC(CCCN1CCn2ccnc2C1)(NC)C(=O)O. The number of aliphatic carboxylic acids is 1. The summed E-state index contributed by atoms with van der Waals surface area (Å²) in [5.41, 5.74) is -0.783. The third kappa shape index (κ3) is 3.02. The molecule has 1 unspecified atom stereocenters. The average Bonchev–Trinajstić information content (AvgIpc) is 2.91. The molecular formula is C14H24N4O2. The molecule has 112 valence electrons. The zero-order valence-corrected chi connectivity index (χ0v) is 12.3. The fourth-order valence-corrected chi connectivity index (χ4v) is 2.86. The molecule has 6 nitrogen and oxygen atoms in total. The van der Waals surface area contributed by atoms with Gasteiger partial charge in [0.1, 0.15) is 11.4 Å². The highest BCUT2D eigenvalue weighted by atomic mass is 16.4. The summed E-state index contributed by atoms with van der Waals surface area (Å²) < 4.78 is 2.18. The number of imidazole rings is 1. The minimum absolute atomic E-state index is 0.600. The summed E-state index contributed by atoms with van der Waals surface area (Å²) in [6.07, 6.45) is 5.98. The van der Waals surface area contributed by atoms with Crippen molar-refractivity contribution < 1.29 is 9.90 Å². The van der Waals surface area contributed by atoms with Crippen LogP contribution in [0, 0.1) is 0 Å². The number of likely N-dealkylation sites (N-methyl/N-ethyl adjacent to an activating group) is 1. The Morgan fingerprint density at radius 2 is 2.35 bits per heavy atom. The Bertz CT molecular complexity index is 454. The first-order valence-corrected chi connectivity index (χ1v) is 7.26. The van der Waals surface area contributed by atoms with Crippen molar-refractivity contribution in [2.24, 2.45) is 0 Å². The summed E-state index contributed by atoms with van der Waals surface area (Å²) in [7, 11) is 1.73. The number of hydrogen-bond donors (Lipinski definition) is 2. The molecule has 0 saturated carbocycles. The topological polar surface area (TPSA) is 70.4 Å². The highest BCUT2D eigenvalue weighted by molar-refractivity contribution is 5.78. The molecule has 0 amide bonds. The number of carboxylic acids is 1. The van der Waals surface area contributed by atoms with Gasteiger partial charge in [-0.25, -0.2) is 4.98 Å². The number of aromatic nitrogens is 2. The van der Waals surface area contributed by atoms with E-state index in [1.54, 1.807) is 7.05 Å². The zero-order chi connectivity index (χ0) is 14.6. The van der Waals surface area contributed by atoms with Gasteiger partial charge in [-0.15, -0.1) is 0 Å². The molecule has 0 aromatic carbocycles. The Morgan fingerprint density at radius 3 is 3.00 bits per heavy atom. The smallest absolute Gasteiger partial charge is 0.323 e. The Kier molecular flexibility index (Phi) is 4.77. The number of hydrogen-bond acceptors (Lipinski definition) is 4. The van der Waals surface area contributed by atoms with Gasteiger partial charge in [0.05, 0.1) is 6.54 Å². The fraction of sp³-hybridized carbons (Fsp3) is 0.714. The third-order valence-electron chi connectivity index (χ3n) is 4.39. The van der Waals surface area contributed by atoms with Crippen molar-refractivity contribution in [1.29, 1.82) is 0 Å². The van der Waals surface area contributed by atoms with Gasteiger partial charge in [-0.2, -0.15) is 0 Å². The Hall–Kier alpha value is -1.40. The van der Waals surface area contributed by atoms with Crippen molar-refractivity contribution in [2.45, 2.75) is 44.8 Å². The van der Waals surface area contributed by atoms with Crippen molar-refractivity contribution in [2.75, 3.05) is 20.1 Å². The second-order valence-corrected chi connectivity index (χ2v) is 5.41. The number of nitrogens with zero attached hydrogens (tertiary/aromatic N) is 3. The lowest BCUT2D eigenvalue weighted by Crippen LogP contribution is -2.50. The molecule has 1 atom stereocenters. The summed E-state index contributed by atoms with van der Waals surface area (Å²) in [5.74, 6) is 0.349. The summed E-state index contributed by atoms with van der Waals surface area (Å²) in [6.45, 7) is 5.68. The van der Waals surface area contributed by atoms with E-state index in [0.29, 0.717) is 12.8 Å². The van der Waals surface area contributed by atoms with Crippen molar-refractivity contribution in [3.05, 3.63) is 18.2 Å². The van der Waals surface area contributed by atoms with Crippen LogP contribution >= 0.6 is 0 Å². The number of carboxylic acid groups (broad SMARTS) is 1. The Morgan fingerprint density at radius 1 is 1.55 bits per heavy atom. The van der Waals surface area contributed by atoms with Gasteiger partial charge in [-0.3, -0.25) is 9.69 Å². The van der Waals surface area contributed by atoms with Gasteiger partial charge in [0.25, 0.3) is 0 Å². The molecule has 1 aliphatic heterocycles. The molecule has 0 bridgehead atoms. The van der Waals surface area contributed by atoms with E-state index in [1.165, 1.54) is 0 Å². The molecule has 0 fully saturated rings. The van der Waals surface area contributed by atoms with Crippen molar-refractivity contribution in [3.8, 4) is 0 Å². The van der Waals surface area contributed by atoms with E-state index in [9.17, 15) is 9.90 Å². The van der Waals surface area contributed by atoms with Gasteiger partial charge in [-0.05, 0) is 32.9 Å². The molecule has 2 rings (SSSR count). The lowest BCUT2D eigenvalue weighted by molar-refractivity contribution is -0.145. The van der Waals surface area contributed by atoms with Gasteiger partial charge >= 0.3 is 5.97 Å². The van der Waals surface area contributed by atoms with Crippen LogP contribution in [0.5, 0.6) is 0 Å². The molecule has 20 heavy (non-hydrogen) atoms. The predicted molar refractivity (Wildman–Crippen MR) is 76.5 cm³/mol. The van der Waals surface area contributed by atoms with Crippen LogP contribution in [0.2, 0.25) is 0 Å². The molecule has 1 aliphatic rings. The Balaban J connectivity index is 1.83. The number of fused-ring (bicyclic) bond motifs is 1. The molecule has 0 radical (unpaired) electrons. The number of rotatable bonds is 7. The average molecular weight is 280 g/mol. The van der Waals surface area contributed by atoms with Gasteiger partial charge in [-0.1, -0.05) is 6.92 Å². The van der Waals surface area contributed by atoms with E-state index in [-0.39, 0.29) is 0 Å². The molecule has 0 aliphatic carbocycles. The maximum Gasteiger partial charge on any atom is 0.323 e. The van der Waals surface area contributed by atoms with Gasteiger partial charge < -0.3 is 15.0 Å². The zero-order valence-electron chi connectivity index (χ0n) is 12.3. The first-order chi connectivity index (χ1) is 9.61. The molecule has 2 heterocycles. The Labute approximate surface area is 119 Å². The first kappa shape index (κ1) is 15.0. The van der Waals surface area contributed by atoms with Crippen LogP contribution in [0.1, 0.15) is 32.0 Å². The van der Waals surface area contributed by atoms with E-state index in [0.717, 1.165) is 38.4 Å². The fourth-order valence-electron chi connectivity index (χ4n) is 2.86. The van der Waals surface area contributed by atoms with Crippen LogP contribution in [0.4, 0.5) is 0 Å². The van der Waals surface area contributed by atoms with Crippen molar-refractivity contribution in [3.63, 3.8) is 0 Å². The first-order valence-electron chi connectivity index (χ1n) is 7.26. The number of carbonyl (C=O) groups is 1. The van der Waals surface area contributed by atoms with Crippen molar-refractivity contribution in [1.82, 2.24) is 19.8 Å². The standard InChI is InChI=1S/C14H24N4O2/c1-3-14(15-2,13(19)20)5-4-7-17-9-10-18-8-6-16-12(18)11-17/h6,8,15H,3-5,7,9-11H2,1-2H3,(H,19,20). The van der Waals surface area contributed by atoms with E-state index < -0.39 is 11.5 Å². The van der Waals surface area contributed by atoms with E-state index in [1.807, 2.05) is 19.3 Å². The van der Waals surface area contributed by atoms with Crippen LogP contribution in [0.25, 0.3) is 0 Å². The molecule has 1 aromatic heterocycles. The molecule has 0 spiro atoms. The molecule has 6 heteroatoms.